The highest BCUT2D eigenvalue weighted by Crippen LogP contribution is 2.26. The second kappa shape index (κ2) is 9.77. The van der Waals surface area contributed by atoms with E-state index in [1.165, 1.54) is 41.8 Å². The average Bonchev–Trinajstić information content (AvgIpc) is 3.29. The topological polar surface area (TPSA) is 124 Å². The zero-order valence-electron chi connectivity index (χ0n) is 17.2. The van der Waals surface area contributed by atoms with Crippen molar-refractivity contribution in [3.8, 4) is 17.0 Å². The number of benzene rings is 3. The zero-order valence-corrected chi connectivity index (χ0v) is 18.8. The maximum Gasteiger partial charge on any atom is 0.339 e. The number of thiazole rings is 1. The minimum absolute atomic E-state index is 0.00593. The van der Waals surface area contributed by atoms with Gasteiger partial charge in [0.1, 0.15) is 16.5 Å². The second-order valence-corrected chi connectivity index (χ2v) is 9.18. The summed E-state index contributed by atoms with van der Waals surface area (Å²) >= 11 is 1.32. The third-order valence-electron chi connectivity index (χ3n) is 4.44. The minimum Gasteiger partial charge on any atom is -0.379 e. The number of nitro benzene ring substituents is 1. The number of rotatable bonds is 8. The molecule has 172 valence electrons. The van der Waals surface area contributed by atoms with Crippen LogP contribution in [0.3, 0.4) is 0 Å². The Kier molecular flexibility index (Phi) is 6.61. The van der Waals surface area contributed by atoms with Gasteiger partial charge >= 0.3 is 10.1 Å². The van der Waals surface area contributed by atoms with E-state index in [0.29, 0.717) is 16.4 Å². The molecule has 3 aromatic carbocycles. The second-order valence-electron chi connectivity index (χ2n) is 6.77. The molecule has 0 aliphatic rings. The maximum absolute atomic E-state index is 13.0. The summed E-state index contributed by atoms with van der Waals surface area (Å²) in [7, 11) is -4.08. The Morgan fingerprint density at radius 3 is 2.35 bits per heavy atom. The number of halogens is 1. The van der Waals surface area contributed by atoms with Gasteiger partial charge in [-0.15, -0.1) is 11.3 Å². The molecule has 0 bridgehead atoms. The van der Waals surface area contributed by atoms with Crippen LogP contribution in [0, 0.1) is 15.9 Å². The molecule has 1 N–H and O–H groups in total. The van der Waals surface area contributed by atoms with Gasteiger partial charge in [-0.25, -0.2) is 9.37 Å². The van der Waals surface area contributed by atoms with Crippen LogP contribution in [0.4, 0.5) is 15.2 Å². The number of hydrogen-bond donors (Lipinski definition) is 1. The molecule has 0 aliphatic heterocycles. The number of nitrogens with zero attached hydrogens (tertiary/aromatic N) is 3. The Bertz CT molecular complexity index is 1440. The molecule has 0 unspecified atom stereocenters. The third-order valence-corrected chi connectivity index (χ3v) is 6.45. The normalized spacial score (nSPS) is 11.4. The molecule has 0 amide bonds. The Morgan fingerprint density at radius 1 is 1.03 bits per heavy atom. The van der Waals surface area contributed by atoms with Gasteiger partial charge in [-0.1, -0.05) is 0 Å². The summed E-state index contributed by atoms with van der Waals surface area (Å²) in [6, 6.07) is 16.6. The Balaban J connectivity index is 1.36. The highest BCUT2D eigenvalue weighted by atomic mass is 32.2. The molecule has 9 nitrogen and oxygen atoms in total. The van der Waals surface area contributed by atoms with E-state index in [9.17, 15) is 22.9 Å². The van der Waals surface area contributed by atoms with Crippen LogP contribution in [0.5, 0.6) is 5.75 Å². The fourth-order valence-corrected chi connectivity index (χ4v) is 4.36. The van der Waals surface area contributed by atoms with Gasteiger partial charge < -0.3 is 4.18 Å². The fraction of sp³-hybridized carbons (Fsp3) is 0. The minimum atomic E-state index is -4.08. The largest absolute Gasteiger partial charge is 0.379 e. The first kappa shape index (κ1) is 23.0. The van der Waals surface area contributed by atoms with E-state index >= 15 is 0 Å². The smallest absolute Gasteiger partial charge is 0.339 e. The van der Waals surface area contributed by atoms with Crippen LogP contribution >= 0.6 is 11.3 Å². The Morgan fingerprint density at radius 2 is 1.71 bits per heavy atom. The van der Waals surface area contributed by atoms with Crippen LogP contribution < -0.4 is 9.61 Å². The zero-order chi connectivity index (χ0) is 24.1. The summed E-state index contributed by atoms with van der Waals surface area (Å²) in [5.41, 5.74) is 4.88. The summed E-state index contributed by atoms with van der Waals surface area (Å²) in [6.45, 7) is 0. The number of nitrogens with one attached hydrogen (secondary N) is 1. The molecule has 0 saturated carbocycles. The predicted octanol–water partition coefficient (Wildman–Crippen LogP) is 5.07. The van der Waals surface area contributed by atoms with Crippen LogP contribution in [0.1, 0.15) is 5.56 Å². The lowest BCUT2D eigenvalue weighted by Gasteiger charge is -2.07. The first-order chi connectivity index (χ1) is 16.3. The SMILES string of the molecule is O=[N+]([O-])c1ccc(-c2csc(N/N=C\c3ccc(OS(=O)(=O)c4ccc(F)cc4)cc3)n2)cc1. The van der Waals surface area contributed by atoms with Crippen molar-refractivity contribution in [3.05, 3.63) is 99.7 Å². The van der Waals surface area contributed by atoms with E-state index in [1.54, 1.807) is 29.6 Å². The Labute approximate surface area is 197 Å². The molecule has 1 heterocycles. The molecule has 4 rings (SSSR count). The summed E-state index contributed by atoms with van der Waals surface area (Å²) in [5.74, 6) is -0.446. The van der Waals surface area contributed by atoms with Crippen molar-refractivity contribution in [1.29, 1.82) is 0 Å². The maximum atomic E-state index is 13.0. The lowest BCUT2D eigenvalue weighted by Crippen LogP contribution is -2.09. The van der Waals surface area contributed by atoms with Crippen molar-refractivity contribution >= 4 is 38.5 Å². The van der Waals surface area contributed by atoms with Crippen LogP contribution in [0.25, 0.3) is 11.3 Å². The van der Waals surface area contributed by atoms with Crippen molar-refractivity contribution in [2.24, 2.45) is 5.10 Å². The molecular formula is C22H15FN4O5S2. The van der Waals surface area contributed by atoms with Gasteiger partial charge in [0.15, 0.2) is 0 Å². The van der Waals surface area contributed by atoms with Crippen molar-refractivity contribution < 1.29 is 21.9 Å². The fourth-order valence-electron chi connectivity index (χ4n) is 2.76. The van der Waals surface area contributed by atoms with E-state index in [1.807, 2.05) is 0 Å². The van der Waals surface area contributed by atoms with Gasteiger partial charge in [0.05, 0.1) is 16.8 Å². The highest BCUT2D eigenvalue weighted by molar-refractivity contribution is 7.87. The molecule has 0 radical (unpaired) electrons. The number of non-ortho nitro benzene ring substituents is 1. The van der Waals surface area contributed by atoms with Crippen molar-refractivity contribution in [2.75, 3.05) is 5.43 Å². The molecule has 0 aliphatic carbocycles. The van der Waals surface area contributed by atoms with Gasteiger partial charge in [-0.3, -0.25) is 15.5 Å². The number of hydrazone groups is 1. The quantitative estimate of drug-likeness (QED) is 0.156. The van der Waals surface area contributed by atoms with Gasteiger partial charge in [0.2, 0.25) is 5.13 Å². The molecular weight excluding hydrogens is 483 g/mol. The van der Waals surface area contributed by atoms with Gasteiger partial charge in [-0.2, -0.15) is 13.5 Å². The van der Waals surface area contributed by atoms with Crippen LogP contribution in [0.2, 0.25) is 0 Å². The number of anilines is 1. The molecule has 1 aromatic heterocycles. The monoisotopic (exact) mass is 498 g/mol. The van der Waals surface area contributed by atoms with Gasteiger partial charge in [0, 0.05) is 23.1 Å². The first-order valence-corrected chi connectivity index (χ1v) is 11.9. The third kappa shape index (κ3) is 5.60. The standard InChI is InChI=1S/C22H15FN4O5S2/c23-17-5-11-20(12-6-17)34(30,31)32-19-9-1-15(2-10-19)13-24-26-22-25-21(14-33-22)16-3-7-18(8-4-16)27(28)29/h1-14H,(H,25,26)/b24-13-. The van der Waals surface area contributed by atoms with Gasteiger partial charge in [-0.05, 0) is 66.2 Å². The van der Waals surface area contributed by atoms with Crippen LogP contribution in [0.15, 0.2) is 88.2 Å². The van der Waals surface area contributed by atoms with Crippen molar-refractivity contribution in [3.63, 3.8) is 0 Å². The summed E-state index contributed by atoms with van der Waals surface area (Å²) in [4.78, 5) is 14.5. The van der Waals surface area contributed by atoms with E-state index < -0.39 is 20.9 Å². The molecule has 0 saturated heterocycles. The van der Waals surface area contributed by atoms with Gasteiger partial charge in [0.25, 0.3) is 5.69 Å². The molecule has 4 aromatic rings. The van der Waals surface area contributed by atoms with Crippen molar-refractivity contribution in [2.45, 2.75) is 4.90 Å². The lowest BCUT2D eigenvalue weighted by molar-refractivity contribution is -0.384. The molecule has 0 atom stereocenters. The Hall–Kier alpha value is -4.16. The molecule has 0 fully saturated rings. The first-order valence-electron chi connectivity index (χ1n) is 9.60. The van der Waals surface area contributed by atoms with Crippen molar-refractivity contribution in [1.82, 2.24) is 4.98 Å². The molecule has 0 spiro atoms. The molecule has 34 heavy (non-hydrogen) atoms. The molecule has 12 heteroatoms. The van der Waals surface area contributed by atoms with E-state index in [4.69, 9.17) is 4.18 Å². The highest BCUT2D eigenvalue weighted by Gasteiger charge is 2.16. The van der Waals surface area contributed by atoms with E-state index in [-0.39, 0.29) is 16.3 Å². The summed E-state index contributed by atoms with van der Waals surface area (Å²) < 4.78 is 42.6. The summed E-state index contributed by atoms with van der Waals surface area (Å²) in [6.07, 6.45) is 1.52. The van der Waals surface area contributed by atoms with E-state index in [2.05, 4.69) is 15.5 Å². The van der Waals surface area contributed by atoms with E-state index in [0.717, 1.165) is 29.8 Å². The van der Waals surface area contributed by atoms with Crippen LogP contribution in [-0.4, -0.2) is 24.5 Å². The lowest BCUT2D eigenvalue weighted by atomic mass is 10.1. The number of aromatic nitrogens is 1. The summed E-state index contributed by atoms with van der Waals surface area (Å²) in [5, 5.41) is 17.2. The predicted molar refractivity (Wildman–Crippen MR) is 126 cm³/mol. The van der Waals surface area contributed by atoms with Crippen LogP contribution in [-0.2, 0) is 10.1 Å². The average molecular weight is 499 g/mol. The number of hydrogen-bond acceptors (Lipinski definition) is 9. The number of nitro groups is 1.